The second-order valence-corrected chi connectivity index (χ2v) is 5.52. The van der Waals surface area contributed by atoms with Gasteiger partial charge in [0.25, 0.3) is 5.91 Å². The molecular weight excluding hydrogens is 326 g/mol. The van der Waals surface area contributed by atoms with Gasteiger partial charge >= 0.3 is 5.97 Å². The Morgan fingerprint density at radius 3 is 2.04 bits per heavy atom. The lowest BCUT2D eigenvalue weighted by atomic mass is 10.2. The quantitative estimate of drug-likeness (QED) is 0.652. The van der Waals surface area contributed by atoms with Gasteiger partial charge in [0.15, 0.2) is 18.1 Å². The number of amides is 1. The van der Waals surface area contributed by atoms with Crippen LogP contribution in [0.1, 0.15) is 44.0 Å². The molecule has 1 saturated carbocycles. The third kappa shape index (κ3) is 5.55. The Bertz CT molecular complexity index is 585. The second-order valence-electron chi connectivity index (χ2n) is 5.52. The van der Waals surface area contributed by atoms with Gasteiger partial charge in [0, 0.05) is 6.04 Å². The molecule has 0 heterocycles. The number of nitrogens with one attached hydrogen (secondary N) is 1. The zero-order valence-corrected chi connectivity index (χ0v) is 14.9. The first kappa shape index (κ1) is 18.9. The number of rotatable bonds is 10. The van der Waals surface area contributed by atoms with Gasteiger partial charge in [0.05, 0.1) is 25.4 Å². The number of hydrogen-bond donors (Lipinski definition) is 1. The summed E-state index contributed by atoms with van der Waals surface area (Å²) in [7, 11) is 0. The van der Waals surface area contributed by atoms with E-state index in [1.165, 1.54) is 12.1 Å². The van der Waals surface area contributed by atoms with E-state index in [1.807, 2.05) is 20.8 Å². The molecule has 0 bridgehead atoms. The highest BCUT2D eigenvalue weighted by molar-refractivity contribution is 5.92. The molecule has 1 N–H and O–H groups in total. The first-order chi connectivity index (χ1) is 12.1. The highest BCUT2D eigenvalue weighted by atomic mass is 16.5. The molecule has 1 aromatic carbocycles. The van der Waals surface area contributed by atoms with E-state index in [-0.39, 0.29) is 24.1 Å². The first-order valence-corrected chi connectivity index (χ1v) is 8.61. The number of hydrogen-bond acceptors (Lipinski definition) is 6. The minimum absolute atomic E-state index is 0.228. The highest BCUT2D eigenvalue weighted by Gasteiger charge is 2.24. The minimum atomic E-state index is -0.615. The fraction of sp³-hybridized carbons (Fsp3) is 0.556. The maximum absolute atomic E-state index is 12.3. The van der Waals surface area contributed by atoms with Gasteiger partial charge in [-0.15, -0.1) is 0 Å². The predicted octanol–water partition coefficient (Wildman–Crippen LogP) is 2.32. The van der Waals surface area contributed by atoms with Crippen molar-refractivity contribution in [1.29, 1.82) is 0 Å². The molecule has 138 valence electrons. The van der Waals surface area contributed by atoms with Gasteiger partial charge in [-0.05, 0) is 45.7 Å². The van der Waals surface area contributed by atoms with E-state index < -0.39 is 5.97 Å². The van der Waals surface area contributed by atoms with Gasteiger partial charge in [-0.1, -0.05) is 0 Å². The molecular formula is C18H25NO6. The molecule has 0 aromatic heterocycles. The molecule has 7 nitrogen and oxygen atoms in total. The van der Waals surface area contributed by atoms with Crippen LogP contribution < -0.4 is 19.5 Å². The van der Waals surface area contributed by atoms with E-state index in [4.69, 9.17) is 18.9 Å². The molecule has 7 heteroatoms. The number of carbonyl (C=O) groups is 2. The summed E-state index contributed by atoms with van der Waals surface area (Å²) in [5.41, 5.74) is 0.245. The van der Waals surface area contributed by atoms with Crippen LogP contribution in [0.15, 0.2) is 12.1 Å². The summed E-state index contributed by atoms with van der Waals surface area (Å²) in [6.45, 7) is 6.47. The maximum atomic E-state index is 12.3. The van der Waals surface area contributed by atoms with Crippen LogP contribution in [0.25, 0.3) is 0 Å². The van der Waals surface area contributed by atoms with Crippen LogP contribution >= 0.6 is 0 Å². The zero-order chi connectivity index (χ0) is 18.2. The Hall–Kier alpha value is -2.44. The molecule has 0 spiro atoms. The largest absolute Gasteiger partial charge is 0.490 e. The van der Waals surface area contributed by atoms with Gasteiger partial charge < -0.3 is 24.3 Å². The topological polar surface area (TPSA) is 83.1 Å². The smallest absolute Gasteiger partial charge is 0.338 e. The molecule has 1 aliphatic carbocycles. The monoisotopic (exact) mass is 351 g/mol. The van der Waals surface area contributed by atoms with Gasteiger partial charge in [0.2, 0.25) is 5.75 Å². The maximum Gasteiger partial charge on any atom is 0.338 e. The molecule has 0 aliphatic heterocycles. The van der Waals surface area contributed by atoms with Crippen molar-refractivity contribution in [2.75, 3.05) is 26.4 Å². The third-order valence-electron chi connectivity index (χ3n) is 3.42. The molecule has 25 heavy (non-hydrogen) atoms. The van der Waals surface area contributed by atoms with Crippen molar-refractivity contribution < 1.29 is 28.5 Å². The Balaban J connectivity index is 2.13. The minimum Gasteiger partial charge on any atom is -0.490 e. The Morgan fingerprint density at radius 2 is 1.56 bits per heavy atom. The van der Waals surface area contributed by atoms with E-state index >= 15 is 0 Å². The van der Waals surface area contributed by atoms with E-state index in [0.29, 0.717) is 37.1 Å². The van der Waals surface area contributed by atoms with Crippen LogP contribution in [-0.2, 0) is 9.53 Å². The Labute approximate surface area is 147 Å². The molecule has 1 aliphatic rings. The van der Waals surface area contributed by atoms with Crippen molar-refractivity contribution >= 4 is 11.9 Å². The lowest BCUT2D eigenvalue weighted by Crippen LogP contribution is -2.30. The Morgan fingerprint density at radius 1 is 1.00 bits per heavy atom. The lowest BCUT2D eigenvalue weighted by molar-refractivity contribution is -0.124. The third-order valence-corrected chi connectivity index (χ3v) is 3.42. The molecule has 0 atom stereocenters. The lowest BCUT2D eigenvalue weighted by Gasteiger charge is -2.16. The van der Waals surface area contributed by atoms with Gasteiger partial charge in [-0.2, -0.15) is 0 Å². The van der Waals surface area contributed by atoms with E-state index in [1.54, 1.807) is 0 Å². The average molecular weight is 351 g/mol. The van der Waals surface area contributed by atoms with Crippen LogP contribution in [0, 0.1) is 0 Å². The number of ether oxygens (including phenoxy) is 4. The fourth-order valence-corrected chi connectivity index (χ4v) is 2.22. The molecule has 1 fully saturated rings. The number of carbonyl (C=O) groups excluding carboxylic acids is 2. The van der Waals surface area contributed by atoms with E-state index in [9.17, 15) is 9.59 Å². The number of benzene rings is 1. The SMILES string of the molecule is CCOc1cc(C(=O)OCC(=O)NC2CC2)cc(OCC)c1OCC. The molecule has 0 radical (unpaired) electrons. The highest BCUT2D eigenvalue weighted by Crippen LogP contribution is 2.39. The molecule has 2 rings (SSSR count). The summed E-state index contributed by atoms with van der Waals surface area (Å²) in [6.07, 6.45) is 1.96. The summed E-state index contributed by atoms with van der Waals surface area (Å²) in [4.78, 5) is 23.9. The predicted molar refractivity (Wildman–Crippen MR) is 91.4 cm³/mol. The average Bonchev–Trinajstić information content (AvgIpc) is 3.39. The Kier molecular flexibility index (Phi) is 6.91. The van der Waals surface area contributed by atoms with E-state index in [2.05, 4.69) is 5.32 Å². The molecule has 0 saturated heterocycles. The van der Waals surface area contributed by atoms with Crippen molar-refractivity contribution in [3.8, 4) is 17.2 Å². The van der Waals surface area contributed by atoms with Crippen LogP contribution in [0.4, 0.5) is 0 Å². The zero-order valence-electron chi connectivity index (χ0n) is 14.9. The van der Waals surface area contributed by atoms with Crippen LogP contribution in [-0.4, -0.2) is 44.3 Å². The fourth-order valence-electron chi connectivity index (χ4n) is 2.22. The molecule has 1 amide bonds. The molecule has 1 aromatic rings. The summed E-state index contributed by atoms with van der Waals surface area (Å²) in [6, 6.07) is 3.31. The van der Waals surface area contributed by atoms with Crippen molar-refractivity contribution in [1.82, 2.24) is 5.32 Å². The normalized spacial score (nSPS) is 13.1. The standard InChI is InChI=1S/C18H25NO6/c1-4-22-14-9-12(10-15(23-5-2)17(14)24-6-3)18(21)25-11-16(20)19-13-7-8-13/h9-10,13H,4-8,11H2,1-3H3,(H,19,20). The van der Waals surface area contributed by atoms with Gasteiger partial charge in [0.1, 0.15) is 0 Å². The van der Waals surface area contributed by atoms with Crippen molar-refractivity contribution in [2.45, 2.75) is 39.7 Å². The first-order valence-electron chi connectivity index (χ1n) is 8.61. The summed E-state index contributed by atoms with van der Waals surface area (Å²) >= 11 is 0. The van der Waals surface area contributed by atoms with Crippen molar-refractivity contribution in [2.24, 2.45) is 0 Å². The summed E-state index contributed by atoms with van der Waals surface area (Å²) in [5.74, 6) is 0.358. The van der Waals surface area contributed by atoms with Crippen LogP contribution in [0.2, 0.25) is 0 Å². The van der Waals surface area contributed by atoms with Crippen LogP contribution in [0.3, 0.4) is 0 Å². The van der Waals surface area contributed by atoms with Crippen LogP contribution in [0.5, 0.6) is 17.2 Å². The summed E-state index contributed by atoms with van der Waals surface area (Å²) < 4.78 is 21.8. The summed E-state index contributed by atoms with van der Waals surface area (Å²) in [5, 5.41) is 2.76. The molecule has 0 unspecified atom stereocenters. The van der Waals surface area contributed by atoms with Gasteiger partial charge in [-0.3, -0.25) is 4.79 Å². The van der Waals surface area contributed by atoms with Gasteiger partial charge in [-0.25, -0.2) is 4.79 Å². The van der Waals surface area contributed by atoms with Crippen molar-refractivity contribution in [3.63, 3.8) is 0 Å². The number of esters is 1. The second kappa shape index (κ2) is 9.15. The van der Waals surface area contributed by atoms with Crippen molar-refractivity contribution in [3.05, 3.63) is 17.7 Å². The van der Waals surface area contributed by atoms with E-state index in [0.717, 1.165) is 12.8 Å².